The number of anilines is 1. The van der Waals surface area contributed by atoms with Crippen molar-refractivity contribution in [3.8, 4) is 5.75 Å². The second-order valence-corrected chi connectivity index (χ2v) is 5.36. The van der Waals surface area contributed by atoms with E-state index in [1.807, 2.05) is 13.8 Å². The molecular weight excluding hydrogens is 274 g/mol. The van der Waals surface area contributed by atoms with Gasteiger partial charge < -0.3 is 15.2 Å². The van der Waals surface area contributed by atoms with Crippen LogP contribution in [0.4, 0.5) is 5.69 Å². The van der Waals surface area contributed by atoms with E-state index in [-0.39, 0.29) is 30.6 Å². The third-order valence-electron chi connectivity index (χ3n) is 3.43. The van der Waals surface area contributed by atoms with E-state index in [4.69, 9.17) is 9.84 Å². The van der Waals surface area contributed by atoms with E-state index >= 15 is 0 Å². The fourth-order valence-corrected chi connectivity index (χ4v) is 2.27. The Bertz CT molecular complexity index is 594. The van der Waals surface area contributed by atoms with Crippen LogP contribution in [0.25, 0.3) is 0 Å². The number of aliphatic carboxylic acids is 1. The molecule has 112 valence electrons. The molecule has 0 aliphatic carbocycles. The van der Waals surface area contributed by atoms with Gasteiger partial charge in [0.25, 0.3) is 5.91 Å². The number of carbonyl (C=O) groups excluding carboxylic acids is 2. The van der Waals surface area contributed by atoms with Gasteiger partial charge in [0, 0.05) is 11.5 Å². The third kappa shape index (κ3) is 3.39. The first kappa shape index (κ1) is 15.0. The molecule has 0 bridgehead atoms. The van der Waals surface area contributed by atoms with Crippen LogP contribution in [0, 0.1) is 11.8 Å². The Morgan fingerprint density at radius 2 is 2.10 bits per heavy atom. The van der Waals surface area contributed by atoms with Crippen LogP contribution in [-0.4, -0.2) is 29.4 Å². The number of ketones is 1. The molecule has 1 heterocycles. The average molecular weight is 291 g/mol. The van der Waals surface area contributed by atoms with Gasteiger partial charge in [0.05, 0.1) is 12.1 Å². The summed E-state index contributed by atoms with van der Waals surface area (Å²) in [4.78, 5) is 34.7. The molecule has 1 aromatic rings. The Morgan fingerprint density at radius 1 is 1.38 bits per heavy atom. The number of carbonyl (C=O) groups is 3. The van der Waals surface area contributed by atoms with Gasteiger partial charge in [-0.25, -0.2) is 0 Å². The van der Waals surface area contributed by atoms with E-state index in [1.165, 1.54) is 6.07 Å². The summed E-state index contributed by atoms with van der Waals surface area (Å²) in [6.45, 7) is 3.58. The molecule has 0 radical (unpaired) electrons. The summed E-state index contributed by atoms with van der Waals surface area (Å²) < 4.78 is 5.23. The van der Waals surface area contributed by atoms with E-state index < -0.39 is 11.9 Å². The van der Waals surface area contributed by atoms with Gasteiger partial charge in [-0.2, -0.15) is 0 Å². The van der Waals surface area contributed by atoms with Gasteiger partial charge >= 0.3 is 5.97 Å². The van der Waals surface area contributed by atoms with Crippen LogP contribution in [0.3, 0.4) is 0 Å². The number of Topliss-reactive ketones (excluding diaryl/α,β-unsaturated/α-hetero) is 1. The van der Waals surface area contributed by atoms with Gasteiger partial charge in [0.1, 0.15) is 5.75 Å². The van der Waals surface area contributed by atoms with Crippen molar-refractivity contribution in [1.29, 1.82) is 0 Å². The Balaban J connectivity index is 2.28. The van der Waals surface area contributed by atoms with Crippen LogP contribution in [0.5, 0.6) is 5.75 Å². The Hall–Kier alpha value is -2.37. The van der Waals surface area contributed by atoms with Gasteiger partial charge in [-0.3, -0.25) is 14.4 Å². The average Bonchev–Trinajstić information content (AvgIpc) is 2.42. The van der Waals surface area contributed by atoms with E-state index in [0.29, 0.717) is 17.0 Å². The first-order valence-corrected chi connectivity index (χ1v) is 6.71. The minimum atomic E-state index is -1.00. The zero-order valence-electron chi connectivity index (χ0n) is 11.9. The molecule has 1 unspecified atom stereocenters. The Labute approximate surface area is 122 Å². The van der Waals surface area contributed by atoms with Gasteiger partial charge in [-0.15, -0.1) is 0 Å². The van der Waals surface area contributed by atoms with Crippen molar-refractivity contribution in [1.82, 2.24) is 0 Å². The van der Waals surface area contributed by atoms with Crippen LogP contribution in [0.2, 0.25) is 0 Å². The number of carboxylic acid groups (broad SMARTS) is 1. The molecule has 2 N–H and O–H groups in total. The smallest absolute Gasteiger partial charge is 0.304 e. The number of ether oxygens (including phenoxy) is 1. The van der Waals surface area contributed by atoms with Crippen LogP contribution < -0.4 is 10.1 Å². The SMILES string of the molecule is CC(C)C(CC(=O)O)C(=O)c1ccc2c(c1)NC(=O)CO2. The molecule has 1 aromatic carbocycles. The summed E-state index contributed by atoms with van der Waals surface area (Å²) in [5.74, 6) is -1.70. The first-order chi connectivity index (χ1) is 9.88. The zero-order chi connectivity index (χ0) is 15.6. The topological polar surface area (TPSA) is 92.7 Å². The van der Waals surface area contributed by atoms with Crippen LogP contribution in [0.1, 0.15) is 30.6 Å². The Kier molecular flexibility index (Phi) is 4.26. The predicted molar refractivity (Wildman–Crippen MR) is 75.5 cm³/mol. The number of benzene rings is 1. The molecule has 6 heteroatoms. The number of rotatable bonds is 5. The quantitative estimate of drug-likeness (QED) is 0.809. The number of nitrogens with one attached hydrogen (secondary N) is 1. The predicted octanol–water partition coefficient (Wildman–Crippen LogP) is 1.95. The number of hydrogen-bond donors (Lipinski definition) is 2. The lowest BCUT2D eigenvalue weighted by Crippen LogP contribution is -2.27. The lowest BCUT2D eigenvalue weighted by molar-refractivity contribution is -0.138. The van der Waals surface area contributed by atoms with Gasteiger partial charge in [-0.05, 0) is 24.1 Å². The van der Waals surface area contributed by atoms with Crippen LogP contribution >= 0.6 is 0 Å². The number of hydrogen-bond acceptors (Lipinski definition) is 4. The highest BCUT2D eigenvalue weighted by Gasteiger charge is 2.27. The number of fused-ring (bicyclic) bond motifs is 1. The third-order valence-corrected chi connectivity index (χ3v) is 3.43. The van der Waals surface area contributed by atoms with Gasteiger partial charge in [0.2, 0.25) is 0 Å². The monoisotopic (exact) mass is 291 g/mol. The van der Waals surface area contributed by atoms with E-state index in [1.54, 1.807) is 12.1 Å². The van der Waals surface area contributed by atoms with Crippen molar-refractivity contribution in [3.05, 3.63) is 23.8 Å². The molecule has 6 nitrogen and oxygen atoms in total. The van der Waals surface area contributed by atoms with Crippen molar-refractivity contribution in [2.75, 3.05) is 11.9 Å². The summed E-state index contributed by atoms with van der Waals surface area (Å²) in [5, 5.41) is 11.6. The lowest BCUT2D eigenvalue weighted by atomic mass is 9.85. The molecular formula is C15H17NO5. The van der Waals surface area contributed by atoms with Crippen LogP contribution in [-0.2, 0) is 9.59 Å². The molecule has 1 aliphatic heterocycles. The standard InChI is InChI=1S/C15H17NO5/c1-8(2)10(6-14(18)19)15(20)9-3-4-12-11(5-9)16-13(17)7-21-12/h3-5,8,10H,6-7H2,1-2H3,(H,16,17)(H,18,19). The maximum Gasteiger partial charge on any atom is 0.304 e. The van der Waals surface area contributed by atoms with E-state index in [2.05, 4.69) is 5.32 Å². The van der Waals surface area contributed by atoms with Crippen molar-refractivity contribution in [2.45, 2.75) is 20.3 Å². The van der Waals surface area contributed by atoms with Crippen molar-refractivity contribution in [3.63, 3.8) is 0 Å². The molecule has 2 rings (SSSR count). The summed E-state index contributed by atoms with van der Waals surface area (Å²) in [5.41, 5.74) is 0.814. The fourth-order valence-electron chi connectivity index (χ4n) is 2.27. The molecule has 0 saturated heterocycles. The van der Waals surface area contributed by atoms with Gasteiger partial charge in [-0.1, -0.05) is 13.8 Å². The molecule has 1 aliphatic rings. The summed E-state index contributed by atoms with van der Waals surface area (Å²) in [6.07, 6.45) is -0.212. The van der Waals surface area contributed by atoms with E-state index in [9.17, 15) is 14.4 Å². The number of carboxylic acids is 1. The highest BCUT2D eigenvalue weighted by Crippen LogP contribution is 2.30. The van der Waals surface area contributed by atoms with Crippen LogP contribution in [0.15, 0.2) is 18.2 Å². The van der Waals surface area contributed by atoms with Crippen molar-refractivity contribution >= 4 is 23.3 Å². The molecule has 0 aromatic heterocycles. The molecule has 1 atom stereocenters. The van der Waals surface area contributed by atoms with Crippen molar-refractivity contribution < 1.29 is 24.2 Å². The van der Waals surface area contributed by atoms with Crippen molar-refractivity contribution in [2.24, 2.45) is 11.8 Å². The van der Waals surface area contributed by atoms with Gasteiger partial charge in [0.15, 0.2) is 12.4 Å². The Morgan fingerprint density at radius 3 is 2.71 bits per heavy atom. The highest BCUT2D eigenvalue weighted by atomic mass is 16.5. The largest absolute Gasteiger partial charge is 0.482 e. The number of amides is 1. The maximum absolute atomic E-state index is 12.5. The fraction of sp³-hybridized carbons (Fsp3) is 0.400. The maximum atomic E-state index is 12.5. The summed E-state index contributed by atoms with van der Waals surface area (Å²) >= 11 is 0. The first-order valence-electron chi connectivity index (χ1n) is 6.71. The summed E-state index contributed by atoms with van der Waals surface area (Å²) in [6, 6.07) is 4.74. The second kappa shape index (κ2) is 5.95. The highest BCUT2D eigenvalue weighted by molar-refractivity contribution is 6.02. The summed E-state index contributed by atoms with van der Waals surface area (Å²) in [7, 11) is 0. The normalized spacial score (nSPS) is 14.9. The minimum absolute atomic E-state index is 0.0477. The zero-order valence-corrected chi connectivity index (χ0v) is 11.9. The molecule has 1 amide bonds. The lowest BCUT2D eigenvalue weighted by Gasteiger charge is -2.21. The van der Waals surface area contributed by atoms with E-state index in [0.717, 1.165) is 0 Å². The molecule has 0 spiro atoms. The second-order valence-electron chi connectivity index (χ2n) is 5.36. The minimum Gasteiger partial charge on any atom is -0.482 e. The molecule has 0 saturated carbocycles. The molecule has 0 fully saturated rings. The molecule has 21 heavy (non-hydrogen) atoms.